The Morgan fingerprint density at radius 2 is 1.93 bits per heavy atom. The molecule has 28 heavy (non-hydrogen) atoms. The van der Waals surface area contributed by atoms with Gasteiger partial charge in [-0.15, -0.1) is 5.10 Å². The molecule has 1 unspecified atom stereocenters. The molecule has 0 N–H and O–H groups in total. The zero-order valence-electron chi connectivity index (χ0n) is 16.3. The highest BCUT2D eigenvalue weighted by molar-refractivity contribution is 6.62. The summed E-state index contributed by atoms with van der Waals surface area (Å²) in [5, 5.41) is 7.79. The summed E-state index contributed by atoms with van der Waals surface area (Å²) in [5.74, 6) is -0.478. The Morgan fingerprint density at radius 1 is 1.21 bits per heavy atom. The Morgan fingerprint density at radius 3 is 2.46 bits per heavy atom. The summed E-state index contributed by atoms with van der Waals surface area (Å²) >= 11 is 0. The SMILES string of the molecule is CC1(C)OB(c2ccc(C(N3CCOC3=O)n3ccnn3)cc2F)OC1(C)C. The van der Waals surface area contributed by atoms with E-state index in [2.05, 4.69) is 10.3 Å². The van der Waals surface area contributed by atoms with Crippen molar-refractivity contribution in [3.63, 3.8) is 0 Å². The molecule has 2 fully saturated rings. The molecule has 0 saturated carbocycles. The monoisotopic (exact) mass is 388 g/mol. The van der Waals surface area contributed by atoms with Gasteiger partial charge >= 0.3 is 13.2 Å². The van der Waals surface area contributed by atoms with Crippen LogP contribution in [0.3, 0.4) is 0 Å². The fraction of sp³-hybridized carbons (Fsp3) is 0.500. The Labute approximate surface area is 162 Å². The zero-order valence-corrected chi connectivity index (χ0v) is 16.3. The standard InChI is InChI=1S/C18H22BFN4O4/c1-17(2)18(3,4)28-19(27-17)13-6-5-12(11-14(13)20)15(24-8-7-21-22-24)23-9-10-26-16(23)25/h5-8,11,15H,9-10H2,1-4H3. The first kappa shape index (κ1) is 18.9. The van der Waals surface area contributed by atoms with Gasteiger partial charge in [0.25, 0.3) is 0 Å². The molecule has 3 heterocycles. The number of amides is 1. The highest BCUT2D eigenvalue weighted by Gasteiger charge is 2.52. The summed E-state index contributed by atoms with van der Waals surface area (Å²) in [4.78, 5) is 13.6. The Hall–Kier alpha value is -2.46. The minimum atomic E-state index is -0.805. The number of halogens is 1. The van der Waals surface area contributed by atoms with Gasteiger partial charge in [0.05, 0.1) is 23.9 Å². The lowest BCUT2D eigenvalue weighted by Gasteiger charge is -2.32. The summed E-state index contributed by atoms with van der Waals surface area (Å²) in [6.07, 6.45) is 2.00. The smallest absolute Gasteiger partial charge is 0.447 e. The second-order valence-corrected chi connectivity index (χ2v) is 7.93. The van der Waals surface area contributed by atoms with Crippen molar-refractivity contribution in [1.29, 1.82) is 0 Å². The number of hydrogen-bond donors (Lipinski definition) is 0. The normalized spacial score (nSPS) is 21.8. The molecule has 0 aliphatic carbocycles. The first-order valence-corrected chi connectivity index (χ1v) is 9.14. The lowest BCUT2D eigenvalue weighted by molar-refractivity contribution is 0.00578. The van der Waals surface area contributed by atoms with E-state index in [-0.39, 0.29) is 6.61 Å². The number of carbonyl (C=O) groups is 1. The van der Waals surface area contributed by atoms with Crippen LogP contribution in [0.4, 0.5) is 9.18 Å². The van der Waals surface area contributed by atoms with E-state index in [4.69, 9.17) is 14.0 Å². The third-order valence-corrected chi connectivity index (χ3v) is 5.61. The van der Waals surface area contributed by atoms with Crippen molar-refractivity contribution >= 4 is 18.7 Å². The highest BCUT2D eigenvalue weighted by atomic mass is 19.1. The molecule has 0 radical (unpaired) electrons. The van der Waals surface area contributed by atoms with Gasteiger partial charge in [0.15, 0.2) is 6.17 Å². The van der Waals surface area contributed by atoms with E-state index < -0.39 is 36.4 Å². The van der Waals surface area contributed by atoms with Crippen molar-refractivity contribution in [2.24, 2.45) is 0 Å². The molecule has 148 valence electrons. The topological polar surface area (TPSA) is 78.7 Å². The molecular weight excluding hydrogens is 366 g/mol. The molecule has 0 spiro atoms. The predicted octanol–water partition coefficient (Wildman–Crippen LogP) is 1.72. The maximum atomic E-state index is 15.1. The van der Waals surface area contributed by atoms with Gasteiger partial charge in [-0.25, -0.2) is 13.9 Å². The number of nitrogens with zero attached hydrogens (tertiary/aromatic N) is 4. The minimum Gasteiger partial charge on any atom is -0.447 e. The van der Waals surface area contributed by atoms with Crippen molar-refractivity contribution in [2.45, 2.75) is 45.1 Å². The van der Waals surface area contributed by atoms with Gasteiger partial charge in [-0.1, -0.05) is 17.3 Å². The van der Waals surface area contributed by atoms with Crippen molar-refractivity contribution < 1.29 is 23.2 Å². The summed E-state index contributed by atoms with van der Waals surface area (Å²) in [5.41, 5.74) is -0.276. The third kappa shape index (κ3) is 3.06. The number of rotatable bonds is 4. The maximum absolute atomic E-state index is 15.1. The third-order valence-electron chi connectivity index (χ3n) is 5.61. The van der Waals surface area contributed by atoms with Crippen molar-refractivity contribution in [2.75, 3.05) is 13.2 Å². The molecule has 2 saturated heterocycles. The molecule has 1 atom stereocenters. The fourth-order valence-corrected chi connectivity index (χ4v) is 3.32. The van der Waals surface area contributed by atoms with Gasteiger partial charge in [-0.2, -0.15) is 0 Å². The molecule has 8 nitrogen and oxygen atoms in total. The van der Waals surface area contributed by atoms with Gasteiger partial charge in [0, 0.05) is 11.7 Å². The first-order valence-electron chi connectivity index (χ1n) is 9.14. The number of carbonyl (C=O) groups excluding carboxylic acids is 1. The van der Waals surface area contributed by atoms with Crippen LogP contribution < -0.4 is 5.46 Å². The van der Waals surface area contributed by atoms with E-state index >= 15 is 4.39 Å². The van der Waals surface area contributed by atoms with Crippen LogP contribution in [0.5, 0.6) is 0 Å². The van der Waals surface area contributed by atoms with E-state index in [0.29, 0.717) is 17.6 Å². The Balaban J connectivity index is 1.67. The molecule has 1 aromatic carbocycles. The van der Waals surface area contributed by atoms with Crippen LogP contribution in [0.1, 0.15) is 39.4 Å². The van der Waals surface area contributed by atoms with Crippen LogP contribution in [0.15, 0.2) is 30.6 Å². The second kappa shape index (κ2) is 6.56. The average Bonchev–Trinajstić information content (AvgIpc) is 3.31. The predicted molar refractivity (Wildman–Crippen MR) is 98.3 cm³/mol. The van der Waals surface area contributed by atoms with E-state index in [1.807, 2.05) is 27.7 Å². The summed E-state index contributed by atoms with van der Waals surface area (Å²) in [6, 6.07) is 4.73. The lowest BCUT2D eigenvalue weighted by Crippen LogP contribution is -2.41. The fourth-order valence-electron chi connectivity index (χ4n) is 3.32. The molecule has 10 heteroatoms. The van der Waals surface area contributed by atoms with Crippen LogP contribution in [-0.4, -0.2) is 57.5 Å². The van der Waals surface area contributed by atoms with Crippen molar-refractivity contribution in [1.82, 2.24) is 19.9 Å². The minimum absolute atomic E-state index is 0.276. The highest BCUT2D eigenvalue weighted by Crippen LogP contribution is 2.37. The zero-order chi connectivity index (χ0) is 20.1. The number of benzene rings is 1. The van der Waals surface area contributed by atoms with Crippen LogP contribution in [0, 0.1) is 5.82 Å². The quantitative estimate of drug-likeness (QED) is 0.743. The summed E-state index contributed by atoms with van der Waals surface area (Å²) in [7, 11) is -0.805. The van der Waals surface area contributed by atoms with Gasteiger partial charge in [-0.3, -0.25) is 4.90 Å². The number of hydrogen-bond acceptors (Lipinski definition) is 6. The largest absolute Gasteiger partial charge is 0.497 e. The number of cyclic esters (lactones) is 1. The average molecular weight is 388 g/mol. The van der Waals surface area contributed by atoms with Crippen molar-refractivity contribution in [3.05, 3.63) is 42.0 Å². The lowest BCUT2D eigenvalue weighted by atomic mass is 9.78. The first-order chi connectivity index (χ1) is 13.2. The molecular formula is C18H22BFN4O4. The molecule has 1 aromatic heterocycles. The molecule has 2 aromatic rings. The van der Waals surface area contributed by atoms with Crippen LogP contribution in [-0.2, 0) is 14.0 Å². The molecule has 1 amide bonds. The van der Waals surface area contributed by atoms with E-state index in [0.717, 1.165) is 0 Å². The summed E-state index contributed by atoms with van der Waals surface area (Å²) in [6.45, 7) is 8.32. The van der Waals surface area contributed by atoms with Gasteiger partial charge < -0.3 is 14.0 Å². The van der Waals surface area contributed by atoms with Gasteiger partial charge in [0.2, 0.25) is 0 Å². The van der Waals surface area contributed by atoms with Crippen LogP contribution in [0.25, 0.3) is 0 Å². The molecule has 0 bridgehead atoms. The van der Waals surface area contributed by atoms with E-state index in [9.17, 15) is 4.79 Å². The van der Waals surface area contributed by atoms with Crippen LogP contribution in [0.2, 0.25) is 0 Å². The van der Waals surface area contributed by atoms with Crippen molar-refractivity contribution in [3.8, 4) is 0 Å². The Kier molecular flexibility index (Phi) is 4.42. The van der Waals surface area contributed by atoms with Gasteiger partial charge in [-0.05, 0) is 39.3 Å². The second-order valence-electron chi connectivity index (χ2n) is 7.93. The molecule has 2 aliphatic rings. The molecule has 4 rings (SSSR count). The van der Waals surface area contributed by atoms with Crippen LogP contribution >= 0.6 is 0 Å². The number of ether oxygens (including phenoxy) is 1. The summed E-state index contributed by atoms with van der Waals surface area (Å²) < 4.78 is 33.5. The van der Waals surface area contributed by atoms with Gasteiger partial charge in [0.1, 0.15) is 12.4 Å². The maximum Gasteiger partial charge on any atom is 0.497 e. The molecule has 2 aliphatic heterocycles. The number of aromatic nitrogens is 3. The van der Waals surface area contributed by atoms with E-state index in [1.165, 1.54) is 21.8 Å². The van der Waals surface area contributed by atoms with E-state index in [1.54, 1.807) is 18.3 Å². The Bertz CT molecular complexity index is 874.